The molecule has 1 N–H and O–H groups in total. The van der Waals surface area contributed by atoms with Gasteiger partial charge in [-0.25, -0.2) is 21.1 Å². The van der Waals surface area contributed by atoms with E-state index in [0.717, 1.165) is 36.6 Å². The van der Waals surface area contributed by atoms with Crippen LogP contribution in [0, 0.1) is 6.92 Å². The van der Waals surface area contributed by atoms with Crippen molar-refractivity contribution in [2.24, 2.45) is 0 Å². The number of nitrogens with zero attached hydrogens (tertiary/aromatic N) is 2. The summed E-state index contributed by atoms with van der Waals surface area (Å²) >= 11 is 0. The molecule has 1 aliphatic carbocycles. The number of hydrogen-bond donors (Lipinski definition) is 1. The summed E-state index contributed by atoms with van der Waals surface area (Å²) in [5, 5.41) is 2.92. The summed E-state index contributed by atoms with van der Waals surface area (Å²) in [5.74, 6) is -0.171. The molecule has 9 nitrogen and oxygen atoms in total. The summed E-state index contributed by atoms with van der Waals surface area (Å²) in [5.41, 5.74) is 3.66. The average molecular weight is 602 g/mol. The van der Waals surface area contributed by atoms with Gasteiger partial charge in [0.15, 0.2) is 0 Å². The van der Waals surface area contributed by atoms with Gasteiger partial charge in [-0.15, -0.1) is 0 Å². The first-order chi connectivity index (χ1) is 19.4. The highest BCUT2D eigenvalue weighted by Gasteiger charge is 2.37. The molecule has 1 aromatic heterocycles. The zero-order valence-corrected chi connectivity index (χ0v) is 25.8. The Bertz CT molecular complexity index is 1660. The fourth-order valence-electron chi connectivity index (χ4n) is 6.19. The van der Waals surface area contributed by atoms with Crippen molar-refractivity contribution in [2.75, 3.05) is 37.7 Å². The summed E-state index contributed by atoms with van der Waals surface area (Å²) in [7, 11) is -4.07. The van der Waals surface area contributed by atoms with Crippen LogP contribution in [0.25, 0.3) is 22.3 Å². The molecule has 0 unspecified atom stereocenters. The first-order valence-corrected chi connectivity index (χ1v) is 17.6. The SMILES string of the molecule is CNC(=O)c1c(-c2ccc(C)cc2)oc2cc(N(C)S(C)(=O)=O)c([C@H]3CCCN(S(=O)(=O)C4CCCCC4)C3)cc12. The number of nitrogens with one attached hydrogen (secondary N) is 1. The Kier molecular flexibility index (Phi) is 8.24. The average Bonchev–Trinajstić information content (AvgIpc) is 3.34. The molecule has 1 saturated heterocycles. The Hall–Kier alpha value is -2.89. The van der Waals surface area contributed by atoms with Crippen LogP contribution < -0.4 is 9.62 Å². The summed E-state index contributed by atoms with van der Waals surface area (Å²) < 4.78 is 61.8. The van der Waals surface area contributed by atoms with Gasteiger partial charge in [0, 0.05) is 44.2 Å². The third-order valence-corrected chi connectivity index (χ3v) is 12.2. The van der Waals surface area contributed by atoms with Crippen LogP contribution in [0.4, 0.5) is 5.69 Å². The second-order valence-corrected chi connectivity index (χ2v) is 15.6. The van der Waals surface area contributed by atoms with E-state index in [0.29, 0.717) is 65.8 Å². The van der Waals surface area contributed by atoms with Gasteiger partial charge in [-0.2, -0.15) is 0 Å². The number of anilines is 1. The summed E-state index contributed by atoms with van der Waals surface area (Å²) in [4.78, 5) is 13.2. The standard InChI is InChI=1S/C30H39N3O6S2/c1-20-12-14-21(15-13-20)29-28(30(34)31-2)25-17-24(26(18-27(25)39-29)32(3)40(4,35)36)22-9-8-16-33(19-22)41(37,38)23-10-6-5-7-11-23/h12-15,17-18,22-23H,5-11,16,19H2,1-4H3,(H,31,34)/t22-/m0/s1. The van der Waals surface area contributed by atoms with Crippen LogP contribution in [0.5, 0.6) is 0 Å². The predicted molar refractivity (Wildman–Crippen MR) is 162 cm³/mol. The van der Waals surface area contributed by atoms with Crippen molar-refractivity contribution in [3.63, 3.8) is 0 Å². The second-order valence-electron chi connectivity index (χ2n) is 11.4. The van der Waals surface area contributed by atoms with Crippen molar-refractivity contribution in [1.82, 2.24) is 9.62 Å². The lowest BCUT2D eigenvalue weighted by molar-refractivity contribution is 0.0964. The van der Waals surface area contributed by atoms with Crippen molar-refractivity contribution >= 4 is 42.6 Å². The van der Waals surface area contributed by atoms with Gasteiger partial charge < -0.3 is 9.73 Å². The zero-order valence-electron chi connectivity index (χ0n) is 24.1. The van der Waals surface area contributed by atoms with Crippen LogP contribution in [-0.2, 0) is 20.0 Å². The first kappa shape index (κ1) is 29.6. The topological polar surface area (TPSA) is 117 Å². The summed E-state index contributed by atoms with van der Waals surface area (Å²) in [6.07, 6.45) is 6.79. The molecule has 0 bridgehead atoms. The normalized spacial score (nSPS) is 19.4. The van der Waals surface area contributed by atoms with Gasteiger partial charge >= 0.3 is 0 Å². The number of piperidine rings is 1. The second kappa shape index (κ2) is 11.4. The van der Waals surface area contributed by atoms with Crippen molar-refractivity contribution in [3.8, 4) is 11.3 Å². The van der Waals surface area contributed by atoms with Gasteiger partial charge in [0.25, 0.3) is 5.91 Å². The fraction of sp³-hybridized carbons (Fsp3) is 0.500. The van der Waals surface area contributed by atoms with E-state index >= 15 is 0 Å². The van der Waals surface area contributed by atoms with Crippen molar-refractivity contribution in [1.29, 1.82) is 0 Å². The minimum atomic E-state index is -3.65. The van der Waals surface area contributed by atoms with Crippen LogP contribution in [0.3, 0.4) is 0 Å². The van der Waals surface area contributed by atoms with Gasteiger partial charge in [-0.3, -0.25) is 9.10 Å². The monoisotopic (exact) mass is 601 g/mol. The number of furan rings is 1. The Morgan fingerprint density at radius 3 is 2.32 bits per heavy atom. The van der Waals surface area contributed by atoms with E-state index in [-0.39, 0.29) is 23.6 Å². The molecule has 5 rings (SSSR count). The number of carbonyl (C=O) groups excluding carboxylic acids is 1. The van der Waals surface area contributed by atoms with E-state index in [1.165, 1.54) is 11.4 Å². The molecule has 222 valence electrons. The minimum Gasteiger partial charge on any atom is -0.455 e. The van der Waals surface area contributed by atoms with Crippen LogP contribution in [-0.4, -0.2) is 65.7 Å². The highest BCUT2D eigenvalue weighted by molar-refractivity contribution is 7.92. The Morgan fingerprint density at radius 2 is 1.68 bits per heavy atom. The third kappa shape index (κ3) is 5.76. The number of hydrogen-bond acceptors (Lipinski definition) is 6. The van der Waals surface area contributed by atoms with Crippen molar-refractivity contribution in [3.05, 3.63) is 53.1 Å². The Labute approximate surface area is 243 Å². The molecule has 1 aliphatic heterocycles. The lowest BCUT2D eigenvalue weighted by atomic mass is 9.89. The van der Waals surface area contributed by atoms with E-state index in [1.807, 2.05) is 37.3 Å². The molecule has 2 aromatic carbocycles. The number of carbonyl (C=O) groups is 1. The van der Waals surface area contributed by atoms with Crippen molar-refractivity contribution < 1.29 is 26.0 Å². The van der Waals surface area contributed by atoms with Crippen molar-refractivity contribution in [2.45, 2.75) is 63.0 Å². The molecular formula is C30H39N3O6S2. The molecule has 1 atom stereocenters. The van der Waals surface area contributed by atoms with E-state index in [4.69, 9.17) is 4.42 Å². The summed E-state index contributed by atoms with van der Waals surface area (Å²) in [6, 6.07) is 11.2. The van der Waals surface area contributed by atoms with E-state index < -0.39 is 20.0 Å². The molecule has 0 radical (unpaired) electrons. The lowest BCUT2D eigenvalue weighted by Gasteiger charge is -2.36. The molecule has 1 amide bonds. The maximum atomic E-state index is 13.6. The molecular weight excluding hydrogens is 562 g/mol. The van der Waals surface area contributed by atoms with Crippen LogP contribution >= 0.6 is 0 Å². The summed E-state index contributed by atoms with van der Waals surface area (Å²) in [6.45, 7) is 2.71. The largest absolute Gasteiger partial charge is 0.455 e. The number of amides is 1. The van der Waals surface area contributed by atoms with Gasteiger partial charge in [-0.05, 0) is 50.2 Å². The predicted octanol–water partition coefficient (Wildman–Crippen LogP) is 5.01. The lowest BCUT2D eigenvalue weighted by Crippen LogP contribution is -2.44. The minimum absolute atomic E-state index is 0.249. The first-order valence-electron chi connectivity index (χ1n) is 14.2. The van der Waals surface area contributed by atoms with Gasteiger partial charge in [0.05, 0.1) is 22.8 Å². The quantitative estimate of drug-likeness (QED) is 0.407. The third-order valence-electron chi connectivity index (χ3n) is 8.60. The number of sulfonamides is 2. The van der Waals surface area contributed by atoms with Crippen LogP contribution in [0.2, 0.25) is 0 Å². The number of rotatable bonds is 7. The Morgan fingerprint density at radius 1 is 1.00 bits per heavy atom. The molecule has 41 heavy (non-hydrogen) atoms. The van der Waals surface area contributed by atoms with Gasteiger partial charge in [0.1, 0.15) is 11.3 Å². The highest BCUT2D eigenvalue weighted by Crippen LogP contribution is 2.42. The molecule has 0 spiro atoms. The molecule has 11 heteroatoms. The number of benzene rings is 2. The highest BCUT2D eigenvalue weighted by atomic mass is 32.2. The van der Waals surface area contributed by atoms with Gasteiger partial charge in [-0.1, -0.05) is 49.1 Å². The molecule has 2 fully saturated rings. The van der Waals surface area contributed by atoms with E-state index in [2.05, 4.69) is 5.32 Å². The fourth-order valence-corrected chi connectivity index (χ4v) is 8.82. The molecule has 2 aliphatic rings. The van der Waals surface area contributed by atoms with Crippen LogP contribution in [0.15, 0.2) is 40.8 Å². The number of fused-ring (bicyclic) bond motifs is 1. The Balaban J connectivity index is 1.65. The molecule has 3 aromatic rings. The van der Waals surface area contributed by atoms with E-state index in [9.17, 15) is 21.6 Å². The maximum Gasteiger partial charge on any atom is 0.255 e. The molecule has 2 heterocycles. The zero-order chi connectivity index (χ0) is 29.5. The maximum absolute atomic E-state index is 13.6. The van der Waals surface area contributed by atoms with Crippen LogP contribution in [0.1, 0.15) is 72.3 Å². The smallest absolute Gasteiger partial charge is 0.255 e. The van der Waals surface area contributed by atoms with Gasteiger partial charge in [0.2, 0.25) is 20.0 Å². The number of aryl methyl sites for hydroxylation is 1. The van der Waals surface area contributed by atoms with E-state index in [1.54, 1.807) is 17.4 Å². The molecule has 1 saturated carbocycles.